The van der Waals surface area contributed by atoms with Gasteiger partial charge in [0.05, 0.1) is 5.56 Å². The number of benzene rings is 1. The molecule has 1 heterocycles. The van der Waals surface area contributed by atoms with Gasteiger partial charge in [-0.15, -0.1) is 11.3 Å². The fraction of sp³-hybridized carbons (Fsp3) is 0.312. The van der Waals surface area contributed by atoms with Crippen LogP contribution in [0.4, 0.5) is 0 Å². The van der Waals surface area contributed by atoms with E-state index in [1.165, 1.54) is 0 Å². The first-order chi connectivity index (χ1) is 9.66. The quantitative estimate of drug-likeness (QED) is 0.761. The van der Waals surface area contributed by atoms with Gasteiger partial charge in [0.1, 0.15) is 6.10 Å². The van der Waals surface area contributed by atoms with Gasteiger partial charge in [-0.3, -0.25) is 0 Å². The Balaban J connectivity index is 2.06. The molecule has 0 N–H and O–H groups in total. The molecule has 0 aliphatic rings. The summed E-state index contributed by atoms with van der Waals surface area (Å²) in [5.41, 5.74) is 0.596. The molecule has 0 aliphatic carbocycles. The number of carbonyl (C=O) groups is 1. The number of carbonyl (C=O) groups excluding carboxylic acids is 1. The third-order valence-corrected chi connectivity index (χ3v) is 3.92. The van der Waals surface area contributed by atoms with Crippen molar-refractivity contribution in [3.63, 3.8) is 0 Å². The van der Waals surface area contributed by atoms with E-state index in [2.05, 4.69) is 4.90 Å². The van der Waals surface area contributed by atoms with Crippen molar-refractivity contribution >= 4 is 17.3 Å². The Labute approximate surface area is 123 Å². The van der Waals surface area contributed by atoms with E-state index in [1.807, 2.05) is 49.8 Å². The normalized spacial score (nSPS) is 12.3. The molecule has 0 spiro atoms. The van der Waals surface area contributed by atoms with Crippen LogP contribution >= 0.6 is 11.3 Å². The molecule has 0 saturated carbocycles. The van der Waals surface area contributed by atoms with Crippen molar-refractivity contribution < 1.29 is 9.53 Å². The van der Waals surface area contributed by atoms with Gasteiger partial charge in [-0.2, -0.15) is 0 Å². The summed E-state index contributed by atoms with van der Waals surface area (Å²) in [4.78, 5) is 15.4. The van der Waals surface area contributed by atoms with Crippen LogP contribution < -0.4 is 0 Å². The summed E-state index contributed by atoms with van der Waals surface area (Å²) >= 11 is 1.62. The molecule has 2 rings (SSSR count). The molecule has 2 aromatic rings. The molecule has 4 heteroatoms. The first-order valence-electron chi connectivity index (χ1n) is 6.61. The molecule has 0 bridgehead atoms. The van der Waals surface area contributed by atoms with Crippen LogP contribution in [0.5, 0.6) is 0 Å². The van der Waals surface area contributed by atoms with Crippen molar-refractivity contribution in [3.8, 4) is 0 Å². The second kappa shape index (κ2) is 7.22. The minimum Gasteiger partial charge on any atom is -0.453 e. The van der Waals surface area contributed by atoms with Crippen LogP contribution in [-0.4, -0.2) is 31.5 Å². The van der Waals surface area contributed by atoms with Crippen LogP contribution in [0, 0.1) is 0 Å². The zero-order valence-electron chi connectivity index (χ0n) is 11.8. The molecule has 3 nitrogen and oxygen atoms in total. The molecule has 0 fully saturated rings. The number of rotatable bonds is 6. The summed E-state index contributed by atoms with van der Waals surface area (Å²) in [5, 5.41) is 2.01. The van der Waals surface area contributed by atoms with E-state index in [9.17, 15) is 4.79 Å². The van der Waals surface area contributed by atoms with Gasteiger partial charge in [0.25, 0.3) is 0 Å². The zero-order valence-corrected chi connectivity index (χ0v) is 12.6. The highest BCUT2D eigenvalue weighted by Crippen LogP contribution is 2.26. The van der Waals surface area contributed by atoms with E-state index < -0.39 is 0 Å². The van der Waals surface area contributed by atoms with E-state index in [4.69, 9.17) is 4.74 Å². The fourth-order valence-electron chi connectivity index (χ4n) is 1.88. The number of hydrogen-bond acceptors (Lipinski definition) is 4. The van der Waals surface area contributed by atoms with Crippen molar-refractivity contribution in [1.82, 2.24) is 4.90 Å². The maximum Gasteiger partial charge on any atom is 0.338 e. The second-order valence-corrected chi connectivity index (χ2v) is 5.85. The van der Waals surface area contributed by atoms with E-state index in [-0.39, 0.29) is 12.1 Å². The third-order valence-electron chi connectivity index (χ3n) is 2.96. The van der Waals surface area contributed by atoms with Gasteiger partial charge in [0, 0.05) is 17.8 Å². The number of esters is 1. The maximum atomic E-state index is 12.2. The molecule has 1 atom stereocenters. The van der Waals surface area contributed by atoms with Crippen LogP contribution in [0.25, 0.3) is 0 Å². The van der Waals surface area contributed by atoms with E-state index in [0.29, 0.717) is 5.56 Å². The monoisotopic (exact) mass is 289 g/mol. The van der Waals surface area contributed by atoms with Gasteiger partial charge in [-0.05, 0) is 37.7 Å². The number of thiophene rings is 1. The lowest BCUT2D eigenvalue weighted by molar-refractivity contribution is 0.0270. The molecule has 0 saturated heterocycles. The summed E-state index contributed by atoms with van der Waals surface area (Å²) in [7, 11) is 4.04. The molecular formula is C16H19NO2S. The molecule has 0 radical (unpaired) electrons. The van der Waals surface area contributed by atoms with E-state index >= 15 is 0 Å². The van der Waals surface area contributed by atoms with E-state index in [0.717, 1.165) is 17.8 Å². The lowest BCUT2D eigenvalue weighted by atomic mass is 10.2. The first kappa shape index (κ1) is 14.8. The van der Waals surface area contributed by atoms with E-state index in [1.54, 1.807) is 23.5 Å². The SMILES string of the molecule is CN(C)CCC(OC(=O)c1ccccc1)c1cccs1. The van der Waals surface area contributed by atoms with Crippen molar-refractivity contribution in [2.45, 2.75) is 12.5 Å². The number of hydrogen-bond donors (Lipinski definition) is 0. The minimum atomic E-state index is -0.261. The predicted octanol–water partition coefficient (Wildman–Crippen LogP) is 3.60. The Kier molecular flexibility index (Phi) is 5.32. The van der Waals surface area contributed by atoms with Gasteiger partial charge in [0.15, 0.2) is 0 Å². The Morgan fingerprint density at radius 3 is 2.55 bits per heavy atom. The van der Waals surface area contributed by atoms with Gasteiger partial charge >= 0.3 is 5.97 Å². The molecule has 20 heavy (non-hydrogen) atoms. The summed E-state index contributed by atoms with van der Waals surface area (Å²) in [6.45, 7) is 0.880. The summed E-state index contributed by atoms with van der Waals surface area (Å²) in [5.74, 6) is -0.261. The average Bonchev–Trinajstić information content (AvgIpc) is 2.98. The topological polar surface area (TPSA) is 29.5 Å². The zero-order chi connectivity index (χ0) is 14.4. The maximum absolute atomic E-state index is 12.2. The lowest BCUT2D eigenvalue weighted by Gasteiger charge is -2.19. The standard InChI is InChI=1S/C16H19NO2S/c1-17(2)11-10-14(15-9-6-12-20-15)19-16(18)13-7-4-3-5-8-13/h3-9,12,14H,10-11H2,1-2H3. The molecule has 0 aliphatic heterocycles. The van der Waals surface area contributed by atoms with Crippen molar-refractivity contribution in [2.75, 3.05) is 20.6 Å². The van der Waals surface area contributed by atoms with Crippen molar-refractivity contribution in [2.24, 2.45) is 0 Å². The lowest BCUT2D eigenvalue weighted by Crippen LogP contribution is -2.19. The van der Waals surface area contributed by atoms with Crippen molar-refractivity contribution in [1.29, 1.82) is 0 Å². The molecule has 0 amide bonds. The van der Waals surface area contributed by atoms with Gasteiger partial charge in [-0.1, -0.05) is 24.3 Å². The summed E-state index contributed by atoms with van der Waals surface area (Å²) in [6, 6.07) is 13.1. The number of nitrogens with zero attached hydrogens (tertiary/aromatic N) is 1. The molecule has 1 aromatic carbocycles. The Morgan fingerprint density at radius 2 is 1.95 bits per heavy atom. The Bertz CT molecular complexity index is 523. The van der Waals surface area contributed by atoms with Crippen LogP contribution in [0.3, 0.4) is 0 Å². The largest absolute Gasteiger partial charge is 0.453 e. The van der Waals surface area contributed by atoms with Gasteiger partial charge in [0.2, 0.25) is 0 Å². The summed E-state index contributed by atoms with van der Waals surface area (Å²) in [6.07, 6.45) is 0.622. The Hall–Kier alpha value is -1.65. The highest BCUT2D eigenvalue weighted by atomic mass is 32.1. The molecule has 106 valence electrons. The highest BCUT2D eigenvalue weighted by molar-refractivity contribution is 7.10. The van der Waals surface area contributed by atoms with Crippen molar-refractivity contribution in [3.05, 3.63) is 58.3 Å². The first-order valence-corrected chi connectivity index (χ1v) is 7.49. The van der Waals surface area contributed by atoms with Gasteiger partial charge < -0.3 is 9.64 Å². The third kappa shape index (κ3) is 4.18. The second-order valence-electron chi connectivity index (χ2n) is 4.87. The van der Waals surface area contributed by atoms with Crippen LogP contribution in [0.2, 0.25) is 0 Å². The van der Waals surface area contributed by atoms with Crippen LogP contribution in [-0.2, 0) is 4.74 Å². The smallest absolute Gasteiger partial charge is 0.338 e. The minimum absolute atomic E-state index is 0.176. The average molecular weight is 289 g/mol. The Morgan fingerprint density at radius 1 is 1.20 bits per heavy atom. The van der Waals surface area contributed by atoms with Crippen LogP contribution in [0.1, 0.15) is 27.8 Å². The number of ether oxygens (including phenoxy) is 1. The molecular weight excluding hydrogens is 270 g/mol. The highest BCUT2D eigenvalue weighted by Gasteiger charge is 2.18. The van der Waals surface area contributed by atoms with Crippen LogP contribution in [0.15, 0.2) is 47.8 Å². The summed E-state index contributed by atoms with van der Waals surface area (Å²) < 4.78 is 5.68. The molecule has 1 aromatic heterocycles. The van der Waals surface area contributed by atoms with Gasteiger partial charge in [-0.25, -0.2) is 4.79 Å². The fourth-order valence-corrected chi connectivity index (χ4v) is 2.67. The predicted molar refractivity (Wildman–Crippen MR) is 82.1 cm³/mol. The molecule has 1 unspecified atom stereocenters.